The summed E-state index contributed by atoms with van der Waals surface area (Å²) in [7, 11) is 0. The largest absolute Gasteiger partial charge is 0.478 e. The van der Waals surface area contributed by atoms with Crippen molar-refractivity contribution in [3.8, 4) is 0 Å². The molecular formula is C13H14N2O3. The van der Waals surface area contributed by atoms with E-state index in [-0.39, 0.29) is 11.5 Å². The molecule has 1 aliphatic carbocycles. The van der Waals surface area contributed by atoms with Crippen LogP contribution in [0.1, 0.15) is 29.6 Å². The maximum Gasteiger partial charge on any atom is 0.337 e. The number of rotatable bonds is 4. The van der Waals surface area contributed by atoms with Crippen LogP contribution in [0, 0.1) is 5.92 Å². The number of anilines is 1. The zero-order valence-electron chi connectivity index (χ0n) is 9.80. The van der Waals surface area contributed by atoms with Crippen molar-refractivity contribution in [3.63, 3.8) is 0 Å². The van der Waals surface area contributed by atoms with Gasteiger partial charge < -0.3 is 10.4 Å². The van der Waals surface area contributed by atoms with Gasteiger partial charge in [0.1, 0.15) is 0 Å². The Morgan fingerprint density at radius 3 is 2.94 bits per heavy atom. The number of hydrogen-bond donors (Lipinski definition) is 2. The second kappa shape index (κ2) is 5.44. The number of carboxylic acids is 1. The normalized spacial score (nSPS) is 17.7. The number of amides is 1. The maximum absolute atomic E-state index is 11.7. The first-order valence-electron chi connectivity index (χ1n) is 5.80. The van der Waals surface area contributed by atoms with Crippen molar-refractivity contribution in [2.75, 3.05) is 5.32 Å². The van der Waals surface area contributed by atoms with E-state index < -0.39 is 5.97 Å². The topological polar surface area (TPSA) is 79.3 Å². The van der Waals surface area contributed by atoms with Gasteiger partial charge in [-0.15, -0.1) is 0 Å². The predicted octanol–water partition coefficient (Wildman–Crippen LogP) is 2.07. The summed E-state index contributed by atoms with van der Waals surface area (Å²) in [5.41, 5.74) is 0.482. The number of allylic oxidation sites excluding steroid dienone is 2. The van der Waals surface area contributed by atoms with Crippen molar-refractivity contribution < 1.29 is 14.7 Å². The molecule has 0 fully saturated rings. The molecule has 0 spiro atoms. The molecule has 2 N–H and O–H groups in total. The second-order valence-electron chi connectivity index (χ2n) is 4.29. The average molecular weight is 246 g/mol. The summed E-state index contributed by atoms with van der Waals surface area (Å²) in [6.07, 6.45) is 9.26. The molecule has 0 saturated heterocycles. The highest BCUT2D eigenvalue weighted by Crippen LogP contribution is 2.21. The van der Waals surface area contributed by atoms with E-state index in [1.54, 1.807) is 0 Å². The van der Waals surface area contributed by atoms with Gasteiger partial charge in [-0.2, -0.15) is 0 Å². The fourth-order valence-corrected chi connectivity index (χ4v) is 1.94. The minimum atomic E-state index is -1.06. The number of hydrogen-bond acceptors (Lipinski definition) is 3. The van der Waals surface area contributed by atoms with Gasteiger partial charge in [0.25, 0.3) is 0 Å². The van der Waals surface area contributed by atoms with Crippen LogP contribution in [0.25, 0.3) is 0 Å². The van der Waals surface area contributed by atoms with E-state index >= 15 is 0 Å². The van der Waals surface area contributed by atoms with Crippen molar-refractivity contribution >= 4 is 17.6 Å². The van der Waals surface area contributed by atoms with Gasteiger partial charge in [0.2, 0.25) is 5.91 Å². The van der Waals surface area contributed by atoms with Gasteiger partial charge in [-0.3, -0.25) is 9.78 Å². The number of aromatic carboxylic acids is 1. The highest BCUT2D eigenvalue weighted by atomic mass is 16.4. The minimum Gasteiger partial charge on any atom is -0.478 e. The number of carbonyl (C=O) groups excluding carboxylic acids is 1. The van der Waals surface area contributed by atoms with Gasteiger partial charge in [-0.1, -0.05) is 12.2 Å². The van der Waals surface area contributed by atoms with E-state index in [4.69, 9.17) is 5.11 Å². The maximum atomic E-state index is 11.7. The Kier molecular flexibility index (Phi) is 3.72. The lowest BCUT2D eigenvalue weighted by molar-refractivity contribution is -0.116. The summed E-state index contributed by atoms with van der Waals surface area (Å²) in [5.74, 6) is -0.881. The first-order valence-corrected chi connectivity index (χ1v) is 5.80. The van der Waals surface area contributed by atoms with Crippen molar-refractivity contribution in [2.45, 2.75) is 19.3 Å². The highest BCUT2D eigenvalue weighted by molar-refractivity contribution is 5.93. The summed E-state index contributed by atoms with van der Waals surface area (Å²) in [5, 5.41) is 11.5. The van der Waals surface area contributed by atoms with Crippen LogP contribution in [0.5, 0.6) is 0 Å². The van der Waals surface area contributed by atoms with Crippen molar-refractivity contribution in [1.29, 1.82) is 0 Å². The van der Waals surface area contributed by atoms with Gasteiger partial charge >= 0.3 is 5.97 Å². The zero-order chi connectivity index (χ0) is 13.0. The lowest BCUT2D eigenvalue weighted by Gasteiger charge is -2.08. The minimum absolute atomic E-state index is 0.0635. The SMILES string of the molecule is O=C(CC1C=CCC1)Nc1cncc(C(=O)O)c1. The molecule has 1 aromatic heterocycles. The van der Waals surface area contributed by atoms with Crippen LogP contribution < -0.4 is 5.32 Å². The molecule has 0 bridgehead atoms. The molecule has 5 nitrogen and oxygen atoms in total. The molecule has 5 heteroatoms. The quantitative estimate of drug-likeness (QED) is 0.797. The zero-order valence-corrected chi connectivity index (χ0v) is 9.80. The second-order valence-corrected chi connectivity index (χ2v) is 4.29. The van der Waals surface area contributed by atoms with Crippen LogP contribution in [0.2, 0.25) is 0 Å². The summed E-state index contributed by atoms with van der Waals surface area (Å²) >= 11 is 0. The molecule has 1 amide bonds. The highest BCUT2D eigenvalue weighted by Gasteiger charge is 2.14. The number of nitrogens with zero attached hydrogens (tertiary/aromatic N) is 1. The molecule has 94 valence electrons. The van der Waals surface area contributed by atoms with Crippen LogP contribution in [-0.2, 0) is 4.79 Å². The van der Waals surface area contributed by atoms with Gasteiger partial charge in [0.05, 0.1) is 17.4 Å². The third-order valence-electron chi connectivity index (χ3n) is 2.83. The van der Waals surface area contributed by atoms with Crippen LogP contribution in [0.3, 0.4) is 0 Å². The first kappa shape index (κ1) is 12.3. The number of carbonyl (C=O) groups is 2. The average Bonchev–Trinajstić information content (AvgIpc) is 2.82. The van der Waals surface area contributed by atoms with Gasteiger partial charge in [0, 0.05) is 12.6 Å². The van der Waals surface area contributed by atoms with E-state index in [0.29, 0.717) is 18.0 Å². The molecule has 2 rings (SSSR count). The number of pyridine rings is 1. The summed E-state index contributed by atoms with van der Waals surface area (Å²) in [4.78, 5) is 26.3. The fourth-order valence-electron chi connectivity index (χ4n) is 1.94. The van der Waals surface area contributed by atoms with E-state index in [1.807, 2.05) is 6.08 Å². The molecule has 1 aromatic rings. The van der Waals surface area contributed by atoms with Crippen LogP contribution in [-0.4, -0.2) is 22.0 Å². The Balaban J connectivity index is 1.95. The third kappa shape index (κ3) is 3.16. The third-order valence-corrected chi connectivity index (χ3v) is 2.83. The van der Waals surface area contributed by atoms with Crippen LogP contribution in [0.4, 0.5) is 5.69 Å². The lowest BCUT2D eigenvalue weighted by Crippen LogP contribution is -2.15. The molecule has 0 aromatic carbocycles. The Morgan fingerprint density at radius 1 is 1.44 bits per heavy atom. The molecule has 1 atom stereocenters. The molecule has 0 saturated carbocycles. The Labute approximate surface area is 105 Å². The fraction of sp³-hybridized carbons (Fsp3) is 0.308. The van der Waals surface area contributed by atoms with Crippen LogP contribution >= 0.6 is 0 Å². The van der Waals surface area contributed by atoms with Crippen molar-refractivity contribution in [2.24, 2.45) is 5.92 Å². The summed E-state index contributed by atoms with van der Waals surface area (Å²) < 4.78 is 0. The summed E-state index contributed by atoms with van der Waals surface area (Å²) in [6, 6.07) is 1.40. The molecule has 1 heterocycles. The monoisotopic (exact) mass is 246 g/mol. The van der Waals surface area contributed by atoms with Gasteiger partial charge in [0.15, 0.2) is 0 Å². The Bertz CT molecular complexity index is 497. The molecule has 1 unspecified atom stereocenters. The molecule has 0 aliphatic heterocycles. The Morgan fingerprint density at radius 2 is 2.28 bits per heavy atom. The lowest BCUT2D eigenvalue weighted by atomic mass is 10.1. The van der Waals surface area contributed by atoms with Crippen molar-refractivity contribution in [3.05, 3.63) is 36.2 Å². The van der Waals surface area contributed by atoms with Crippen LogP contribution in [0.15, 0.2) is 30.6 Å². The number of nitrogens with one attached hydrogen (secondary N) is 1. The molecule has 1 aliphatic rings. The van der Waals surface area contributed by atoms with E-state index in [0.717, 1.165) is 12.8 Å². The molecule has 18 heavy (non-hydrogen) atoms. The summed E-state index contributed by atoms with van der Waals surface area (Å²) in [6.45, 7) is 0. The molecular weight excluding hydrogens is 232 g/mol. The Hall–Kier alpha value is -2.17. The standard InChI is InChI=1S/C13H14N2O3/c16-12(5-9-3-1-2-4-9)15-11-6-10(13(17)18)7-14-8-11/h1,3,6-9H,2,4-5H2,(H,15,16)(H,17,18). The smallest absolute Gasteiger partial charge is 0.337 e. The van der Waals surface area contributed by atoms with Crippen molar-refractivity contribution in [1.82, 2.24) is 4.98 Å². The van der Waals surface area contributed by atoms with E-state index in [2.05, 4.69) is 16.4 Å². The molecule has 0 radical (unpaired) electrons. The van der Waals surface area contributed by atoms with E-state index in [9.17, 15) is 9.59 Å². The van der Waals surface area contributed by atoms with E-state index in [1.165, 1.54) is 18.5 Å². The predicted molar refractivity (Wildman–Crippen MR) is 66.3 cm³/mol. The number of carboxylic acid groups (broad SMARTS) is 1. The van der Waals surface area contributed by atoms with Gasteiger partial charge in [-0.25, -0.2) is 4.79 Å². The van der Waals surface area contributed by atoms with Gasteiger partial charge in [-0.05, 0) is 24.8 Å². The number of aromatic nitrogens is 1. The first-order chi connectivity index (χ1) is 8.65.